The Hall–Kier alpha value is -3.15. The molecule has 4 amide bonds. The number of nitrogens with zero attached hydrogens (tertiary/aromatic N) is 2. The van der Waals surface area contributed by atoms with E-state index < -0.39 is 12.1 Å². The summed E-state index contributed by atoms with van der Waals surface area (Å²) < 4.78 is 6.23. The second kappa shape index (κ2) is 5.69. The van der Waals surface area contributed by atoms with Crippen molar-refractivity contribution in [3.8, 4) is 5.75 Å². The minimum absolute atomic E-state index is 0.459. The summed E-state index contributed by atoms with van der Waals surface area (Å²) in [7, 11) is 1.55. The molecule has 1 aliphatic rings. The average molecular weight is 296 g/mol. The van der Waals surface area contributed by atoms with Gasteiger partial charge in [0.05, 0.1) is 7.11 Å². The summed E-state index contributed by atoms with van der Waals surface area (Å²) in [4.78, 5) is 25.5. The number of hydrazone groups is 1. The lowest BCUT2D eigenvalue weighted by Crippen LogP contribution is -2.29. The number of urea groups is 2. The van der Waals surface area contributed by atoms with Crippen LogP contribution in [-0.4, -0.2) is 30.1 Å². The van der Waals surface area contributed by atoms with Crippen LogP contribution < -0.4 is 15.1 Å². The molecule has 0 unspecified atom stereocenters. The predicted molar refractivity (Wildman–Crippen MR) is 81.3 cm³/mol. The number of nitrogens with one attached hydrogen (secondary N) is 1. The molecule has 3 rings (SSSR count). The molecule has 2 aromatic rings. The SMILES string of the molecule is COc1ccc(N2C(=O)N/[N+](=C\c3ccccc3)C2=O)cc1. The van der Waals surface area contributed by atoms with E-state index in [0.29, 0.717) is 11.4 Å². The van der Waals surface area contributed by atoms with Gasteiger partial charge in [0.25, 0.3) is 0 Å². The smallest absolute Gasteiger partial charge is 0.497 e. The molecule has 1 fully saturated rings. The molecule has 1 saturated heterocycles. The van der Waals surface area contributed by atoms with Crippen molar-refractivity contribution < 1.29 is 19.0 Å². The van der Waals surface area contributed by atoms with Crippen LogP contribution in [0.15, 0.2) is 54.6 Å². The molecule has 0 aliphatic carbocycles. The van der Waals surface area contributed by atoms with Crippen LogP contribution >= 0.6 is 0 Å². The number of rotatable bonds is 3. The van der Waals surface area contributed by atoms with E-state index in [9.17, 15) is 9.59 Å². The van der Waals surface area contributed by atoms with Crippen LogP contribution in [0.2, 0.25) is 0 Å². The molecule has 0 atom stereocenters. The number of anilines is 1. The van der Waals surface area contributed by atoms with Crippen molar-refractivity contribution in [2.75, 3.05) is 12.0 Å². The van der Waals surface area contributed by atoms with Crippen LogP contribution in [0.3, 0.4) is 0 Å². The number of benzene rings is 2. The van der Waals surface area contributed by atoms with Crippen molar-refractivity contribution >= 4 is 24.0 Å². The van der Waals surface area contributed by atoms with Gasteiger partial charge in [-0.2, -0.15) is 4.79 Å². The van der Waals surface area contributed by atoms with Crippen molar-refractivity contribution in [1.82, 2.24) is 5.43 Å². The maximum absolute atomic E-state index is 12.4. The third-order valence-corrected chi connectivity index (χ3v) is 3.22. The minimum atomic E-state index is -0.498. The molecule has 0 aromatic heterocycles. The summed E-state index contributed by atoms with van der Waals surface area (Å²) in [5, 5.41) is 0. The summed E-state index contributed by atoms with van der Waals surface area (Å²) in [6.45, 7) is 0. The highest BCUT2D eigenvalue weighted by Crippen LogP contribution is 2.21. The Morgan fingerprint density at radius 1 is 1.05 bits per heavy atom. The molecule has 0 spiro atoms. The second-order valence-electron chi connectivity index (χ2n) is 4.64. The van der Waals surface area contributed by atoms with E-state index in [1.54, 1.807) is 37.6 Å². The summed E-state index contributed by atoms with van der Waals surface area (Å²) in [5.41, 5.74) is 3.80. The van der Waals surface area contributed by atoms with Crippen LogP contribution in [0.5, 0.6) is 5.75 Å². The summed E-state index contributed by atoms with van der Waals surface area (Å²) in [6, 6.07) is 15.0. The van der Waals surface area contributed by atoms with Gasteiger partial charge in [0, 0.05) is 5.56 Å². The van der Waals surface area contributed by atoms with Gasteiger partial charge in [0.2, 0.25) is 0 Å². The monoisotopic (exact) mass is 296 g/mol. The fraction of sp³-hybridized carbons (Fsp3) is 0.0625. The van der Waals surface area contributed by atoms with E-state index in [1.807, 2.05) is 30.3 Å². The minimum Gasteiger partial charge on any atom is -0.497 e. The van der Waals surface area contributed by atoms with Crippen molar-refractivity contribution in [2.24, 2.45) is 0 Å². The van der Waals surface area contributed by atoms with Gasteiger partial charge in [-0.25, -0.2) is 4.79 Å². The van der Waals surface area contributed by atoms with Crippen LogP contribution in [0, 0.1) is 0 Å². The van der Waals surface area contributed by atoms with E-state index in [0.717, 1.165) is 10.5 Å². The number of hydrogen-bond donors (Lipinski definition) is 1. The first-order chi connectivity index (χ1) is 10.7. The van der Waals surface area contributed by atoms with Crippen LogP contribution in [-0.2, 0) is 0 Å². The molecule has 1 aliphatic heterocycles. The second-order valence-corrected chi connectivity index (χ2v) is 4.64. The summed E-state index contributed by atoms with van der Waals surface area (Å²) in [5.74, 6) is 0.656. The number of carbonyl (C=O) groups is 2. The van der Waals surface area contributed by atoms with Crippen molar-refractivity contribution in [1.29, 1.82) is 0 Å². The fourth-order valence-electron chi connectivity index (χ4n) is 2.13. The zero-order valence-electron chi connectivity index (χ0n) is 11.9. The quantitative estimate of drug-likeness (QED) is 0.885. The zero-order valence-corrected chi connectivity index (χ0v) is 11.9. The van der Waals surface area contributed by atoms with Gasteiger partial charge in [-0.1, -0.05) is 35.0 Å². The Kier molecular flexibility index (Phi) is 3.57. The Balaban J connectivity index is 1.89. The fourth-order valence-corrected chi connectivity index (χ4v) is 2.13. The first kappa shape index (κ1) is 13.8. The van der Waals surface area contributed by atoms with E-state index in [-0.39, 0.29) is 0 Å². The topological polar surface area (TPSA) is 61.6 Å². The molecule has 6 heteroatoms. The highest BCUT2D eigenvalue weighted by molar-refractivity contribution is 6.14. The molecule has 0 saturated carbocycles. The number of ether oxygens (including phenoxy) is 1. The van der Waals surface area contributed by atoms with Crippen molar-refractivity contribution in [3.63, 3.8) is 0 Å². The lowest BCUT2D eigenvalue weighted by atomic mass is 10.2. The number of hydrazine groups is 1. The number of carbonyl (C=O) groups excluding carboxylic acids is 2. The first-order valence-electron chi connectivity index (χ1n) is 6.67. The van der Waals surface area contributed by atoms with Gasteiger partial charge in [-0.05, 0) is 24.3 Å². The standard InChI is InChI=1S/C16H13N3O3/c1-22-14-9-7-13(8-10-14)19-15(20)17-18(16(19)21)11-12-5-3-2-4-6-12/h2-11H,1H3/p+1/b18-11-. The van der Waals surface area contributed by atoms with Gasteiger partial charge in [-0.15, -0.1) is 10.3 Å². The molecule has 0 radical (unpaired) electrons. The van der Waals surface area contributed by atoms with Gasteiger partial charge in [0.15, 0.2) is 0 Å². The molecule has 0 bridgehead atoms. The summed E-state index contributed by atoms with van der Waals surface area (Å²) >= 11 is 0. The Morgan fingerprint density at radius 3 is 2.36 bits per heavy atom. The molecule has 1 heterocycles. The number of methoxy groups -OCH3 is 1. The van der Waals surface area contributed by atoms with Gasteiger partial charge >= 0.3 is 12.1 Å². The maximum atomic E-state index is 12.4. The summed E-state index contributed by atoms with van der Waals surface area (Å²) in [6.07, 6.45) is 1.57. The lowest BCUT2D eigenvalue weighted by molar-refractivity contribution is -0.458. The molecule has 1 N–H and O–H groups in total. The molecular formula is C16H14N3O3+. The highest BCUT2D eigenvalue weighted by atomic mass is 16.5. The first-order valence-corrected chi connectivity index (χ1v) is 6.67. The number of amides is 4. The highest BCUT2D eigenvalue weighted by Gasteiger charge is 2.44. The molecule has 2 aromatic carbocycles. The van der Waals surface area contributed by atoms with E-state index in [1.165, 1.54) is 4.68 Å². The Morgan fingerprint density at radius 2 is 1.73 bits per heavy atom. The zero-order chi connectivity index (χ0) is 15.5. The normalized spacial score (nSPS) is 16.0. The largest absolute Gasteiger partial charge is 0.531 e. The molecule has 6 nitrogen and oxygen atoms in total. The van der Waals surface area contributed by atoms with Crippen LogP contribution in [0.25, 0.3) is 0 Å². The number of imide groups is 1. The van der Waals surface area contributed by atoms with Crippen molar-refractivity contribution in [3.05, 3.63) is 60.2 Å². The van der Waals surface area contributed by atoms with E-state index >= 15 is 0 Å². The molecule has 110 valence electrons. The van der Waals surface area contributed by atoms with Gasteiger partial charge in [0.1, 0.15) is 17.7 Å². The van der Waals surface area contributed by atoms with E-state index in [2.05, 4.69) is 5.43 Å². The average Bonchev–Trinajstić information content (AvgIpc) is 2.82. The van der Waals surface area contributed by atoms with Gasteiger partial charge in [-0.3, -0.25) is 0 Å². The van der Waals surface area contributed by atoms with E-state index in [4.69, 9.17) is 4.74 Å². The van der Waals surface area contributed by atoms with Crippen LogP contribution in [0.4, 0.5) is 15.3 Å². The maximum Gasteiger partial charge on any atom is 0.531 e. The predicted octanol–water partition coefficient (Wildman–Crippen LogP) is 2.39. The Labute approximate surface area is 127 Å². The molecular weight excluding hydrogens is 282 g/mol. The lowest BCUT2D eigenvalue weighted by Gasteiger charge is -2.03. The Bertz CT molecular complexity index is 739. The third-order valence-electron chi connectivity index (χ3n) is 3.22. The third kappa shape index (κ3) is 2.54. The number of hydrogen-bond acceptors (Lipinski definition) is 3. The molecule has 22 heavy (non-hydrogen) atoms. The van der Waals surface area contributed by atoms with Gasteiger partial charge < -0.3 is 4.74 Å². The van der Waals surface area contributed by atoms with Crippen molar-refractivity contribution in [2.45, 2.75) is 0 Å². The van der Waals surface area contributed by atoms with Crippen LogP contribution in [0.1, 0.15) is 5.56 Å².